The average Bonchev–Trinajstić information content (AvgIpc) is 2.27. The van der Waals surface area contributed by atoms with Crippen molar-refractivity contribution >= 4 is 20.6 Å². The maximum absolute atomic E-state index is 6.38. The minimum absolute atomic E-state index is 0.0207. The maximum atomic E-state index is 6.38. The zero-order valence-electron chi connectivity index (χ0n) is 12.6. The van der Waals surface area contributed by atoms with Gasteiger partial charge in [0.25, 0.3) is 0 Å². The molecule has 0 bridgehead atoms. The molecule has 0 fully saturated rings. The second-order valence-corrected chi connectivity index (χ2v) is 8.63. The van der Waals surface area contributed by atoms with Gasteiger partial charge in [-0.3, -0.25) is 0 Å². The summed E-state index contributed by atoms with van der Waals surface area (Å²) in [7, 11) is -0.787. The third kappa shape index (κ3) is 4.92. The van der Waals surface area contributed by atoms with Crippen LogP contribution in [0.3, 0.4) is 0 Å². The SMILES string of the molecule is C[Si](C)OC(c1cc(CCN)ccc1Cl)C(C)(C)C. The van der Waals surface area contributed by atoms with Gasteiger partial charge >= 0.3 is 0 Å². The Hall–Kier alpha value is -0.353. The Balaban J connectivity index is 3.17. The molecule has 2 N–H and O–H groups in total. The Kier molecular flexibility index (Phi) is 6.05. The Morgan fingerprint density at radius 3 is 2.42 bits per heavy atom. The monoisotopic (exact) mass is 298 g/mol. The van der Waals surface area contributed by atoms with Crippen LogP contribution < -0.4 is 5.73 Å². The van der Waals surface area contributed by atoms with Crippen LogP contribution in [0.1, 0.15) is 38.0 Å². The van der Waals surface area contributed by atoms with E-state index in [1.54, 1.807) is 0 Å². The largest absolute Gasteiger partial charge is 0.410 e. The van der Waals surface area contributed by atoms with Crippen molar-refractivity contribution in [1.29, 1.82) is 0 Å². The van der Waals surface area contributed by atoms with Crippen molar-refractivity contribution < 1.29 is 4.43 Å². The quantitative estimate of drug-likeness (QED) is 0.827. The molecule has 1 radical (unpaired) electrons. The summed E-state index contributed by atoms with van der Waals surface area (Å²) in [5, 5.41) is 0.781. The van der Waals surface area contributed by atoms with Crippen LogP contribution >= 0.6 is 11.6 Å². The minimum atomic E-state index is -0.787. The van der Waals surface area contributed by atoms with Gasteiger partial charge in [0.15, 0.2) is 0 Å². The molecule has 0 amide bonds. The number of halogens is 1. The molecule has 0 aromatic heterocycles. The van der Waals surface area contributed by atoms with Crippen LogP contribution in [0.15, 0.2) is 18.2 Å². The lowest BCUT2D eigenvalue weighted by Crippen LogP contribution is -2.26. The van der Waals surface area contributed by atoms with E-state index < -0.39 is 9.04 Å². The smallest absolute Gasteiger partial charge is 0.205 e. The van der Waals surface area contributed by atoms with Crippen molar-refractivity contribution in [3.63, 3.8) is 0 Å². The highest BCUT2D eigenvalue weighted by Gasteiger charge is 2.29. The average molecular weight is 299 g/mol. The van der Waals surface area contributed by atoms with E-state index in [2.05, 4.69) is 39.9 Å². The van der Waals surface area contributed by atoms with E-state index in [1.807, 2.05) is 12.1 Å². The van der Waals surface area contributed by atoms with Crippen molar-refractivity contribution in [3.8, 4) is 0 Å². The minimum Gasteiger partial charge on any atom is -0.410 e. The molecule has 0 aliphatic rings. The number of hydrogen-bond acceptors (Lipinski definition) is 2. The molecule has 107 valence electrons. The zero-order valence-corrected chi connectivity index (χ0v) is 14.3. The number of rotatable bonds is 5. The molecule has 1 atom stereocenters. The van der Waals surface area contributed by atoms with Crippen molar-refractivity contribution in [2.24, 2.45) is 11.1 Å². The topological polar surface area (TPSA) is 35.2 Å². The van der Waals surface area contributed by atoms with Crippen molar-refractivity contribution in [1.82, 2.24) is 0 Å². The Labute approximate surface area is 124 Å². The van der Waals surface area contributed by atoms with Crippen molar-refractivity contribution in [3.05, 3.63) is 34.3 Å². The molecule has 0 aliphatic carbocycles. The van der Waals surface area contributed by atoms with Crippen molar-refractivity contribution in [2.75, 3.05) is 6.54 Å². The van der Waals surface area contributed by atoms with Gasteiger partial charge in [0.05, 0.1) is 6.10 Å². The predicted molar refractivity (Wildman–Crippen MR) is 85.0 cm³/mol. The van der Waals surface area contributed by atoms with Crippen LogP contribution in [0.25, 0.3) is 0 Å². The summed E-state index contributed by atoms with van der Waals surface area (Å²) in [6, 6.07) is 6.15. The fourth-order valence-corrected chi connectivity index (χ4v) is 3.23. The number of hydrogen-bond donors (Lipinski definition) is 1. The molecule has 0 aliphatic heterocycles. The van der Waals surface area contributed by atoms with Crippen LogP contribution in [0.2, 0.25) is 18.1 Å². The first-order valence-electron chi connectivity index (χ1n) is 6.71. The van der Waals surface area contributed by atoms with Gasteiger partial charge in [-0.25, -0.2) is 0 Å². The molecule has 0 heterocycles. The van der Waals surface area contributed by atoms with Gasteiger partial charge in [-0.1, -0.05) is 44.5 Å². The summed E-state index contributed by atoms with van der Waals surface area (Å²) in [4.78, 5) is 0. The van der Waals surface area contributed by atoms with Crippen molar-refractivity contribution in [2.45, 2.75) is 46.4 Å². The molecular formula is C15H25ClNOSi. The molecule has 1 aromatic carbocycles. The molecule has 1 unspecified atom stereocenters. The lowest BCUT2D eigenvalue weighted by atomic mass is 9.84. The summed E-state index contributed by atoms with van der Waals surface area (Å²) in [5.41, 5.74) is 7.96. The summed E-state index contributed by atoms with van der Waals surface area (Å²) in [6.45, 7) is 11.5. The van der Waals surface area contributed by atoms with E-state index >= 15 is 0 Å². The first-order valence-corrected chi connectivity index (χ1v) is 9.49. The van der Waals surface area contributed by atoms with Gasteiger partial charge in [0.1, 0.15) is 0 Å². The summed E-state index contributed by atoms with van der Waals surface area (Å²) in [6.07, 6.45) is 0.901. The van der Waals surface area contributed by atoms with E-state index in [-0.39, 0.29) is 11.5 Å². The van der Waals surface area contributed by atoms with Crippen LogP contribution in [-0.2, 0) is 10.8 Å². The van der Waals surface area contributed by atoms with Gasteiger partial charge in [-0.2, -0.15) is 0 Å². The van der Waals surface area contributed by atoms with Crippen LogP contribution in [0.4, 0.5) is 0 Å². The molecule has 19 heavy (non-hydrogen) atoms. The Bertz CT molecular complexity index is 415. The molecular weight excluding hydrogens is 274 g/mol. The molecule has 4 heteroatoms. The lowest BCUT2D eigenvalue weighted by Gasteiger charge is -2.33. The third-order valence-corrected chi connectivity index (χ3v) is 3.97. The zero-order chi connectivity index (χ0) is 14.6. The fourth-order valence-electron chi connectivity index (χ4n) is 2.06. The summed E-state index contributed by atoms with van der Waals surface area (Å²) >= 11 is 6.38. The van der Waals surface area contributed by atoms with Gasteiger partial charge in [-0.15, -0.1) is 0 Å². The molecule has 0 saturated carbocycles. The second-order valence-electron chi connectivity index (χ2n) is 6.17. The first kappa shape index (κ1) is 16.7. The standard InChI is InChI=1S/C15H25ClNOSi/c1-15(2,3)14(18-19(4)5)12-10-11(8-9-17)6-7-13(12)16/h6-7,10,14H,8-9,17H2,1-5H3. The van der Waals surface area contributed by atoms with E-state index in [0.29, 0.717) is 6.54 Å². The Morgan fingerprint density at radius 2 is 1.95 bits per heavy atom. The fraction of sp³-hybridized carbons (Fsp3) is 0.600. The van der Waals surface area contributed by atoms with E-state index in [0.717, 1.165) is 17.0 Å². The van der Waals surface area contributed by atoms with E-state index in [1.165, 1.54) is 5.56 Å². The highest BCUT2D eigenvalue weighted by molar-refractivity contribution is 6.48. The van der Waals surface area contributed by atoms with Crippen LogP contribution in [0.5, 0.6) is 0 Å². The molecule has 0 saturated heterocycles. The van der Waals surface area contributed by atoms with Gasteiger partial charge < -0.3 is 10.2 Å². The Morgan fingerprint density at radius 1 is 1.32 bits per heavy atom. The number of nitrogens with two attached hydrogens (primary N) is 1. The molecule has 1 aromatic rings. The summed E-state index contributed by atoms with van der Waals surface area (Å²) < 4.78 is 6.20. The normalized spacial score (nSPS) is 13.9. The molecule has 2 nitrogen and oxygen atoms in total. The predicted octanol–water partition coefficient (Wildman–Crippen LogP) is 4.20. The van der Waals surface area contributed by atoms with Gasteiger partial charge in [0, 0.05) is 5.02 Å². The van der Waals surface area contributed by atoms with Gasteiger partial charge in [0.2, 0.25) is 9.04 Å². The highest BCUT2D eigenvalue weighted by atomic mass is 35.5. The van der Waals surface area contributed by atoms with E-state index in [4.69, 9.17) is 21.8 Å². The maximum Gasteiger partial charge on any atom is 0.205 e. The number of benzene rings is 1. The van der Waals surface area contributed by atoms with Gasteiger partial charge in [-0.05, 0) is 48.7 Å². The van der Waals surface area contributed by atoms with E-state index in [9.17, 15) is 0 Å². The van der Waals surface area contributed by atoms with Crippen LogP contribution in [0, 0.1) is 5.41 Å². The van der Waals surface area contributed by atoms with Crippen LogP contribution in [-0.4, -0.2) is 15.6 Å². The summed E-state index contributed by atoms with van der Waals surface area (Å²) in [5.74, 6) is 0. The highest BCUT2D eigenvalue weighted by Crippen LogP contribution is 2.40. The lowest BCUT2D eigenvalue weighted by molar-refractivity contribution is 0.0866. The first-order chi connectivity index (χ1) is 8.75. The molecule has 0 spiro atoms. The third-order valence-electron chi connectivity index (χ3n) is 2.92. The second kappa shape index (κ2) is 6.89. The molecule has 1 rings (SSSR count).